The van der Waals surface area contributed by atoms with Crippen LogP contribution in [-0.4, -0.2) is 20.0 Å². The molecule has 0 saturated heterocycles. The Bertz CT molecular complexity index is 800. The average molecular weight is 404 g/mol. The Morgan fingerprint density at radius 1 is 0.923 bits per heavy atom. The molecule has 0 aromatic rings. The second kappa shape index (κ2) is 6.48. The van der Waals surface area contributed by atoms with Gasteiger partial charge in [-0.25, -0.2) is 0 Å². The fourth-order valence-electron chi connectivity index (χ4n) is 3.83. The number of hydrogen-bond donors (Lipinski definition) is 0. The summed E-state index contributed by atoms with van der Waals surface area (Å²) in [4.78, 5) is 25.1. The van der Waals surface area contributed by atoms with Crippen molar-refractivity contribution in [2.45, 2.75) is 39.8 Å². The van der Waals surface area contributed by atoms with Gasteiger partial charge >= 0.3 is 160 Å². The van der Waals surface area contributed by atoms with E-state index in [0.29, 0.717) is 24.0 Å². The van der Waals surface area contributed by atoms with Crippen molar-refractivity contribution in [3.05, 3.63) is 66.8 Å². The van der Waals surface area contributed by atoms with Gasteiger partial charge in [0.25, 0.3) is 0 Å². The van der Waals surface area contributed by atoms with Crippen LogP contribution in [0.25, 0.3) is 0 Å². The molecule has 0 atom stereocenters. The topological polar surface area (TPSA) is 52.6 Å². The molecule has 0 N–H and O–H groups in total. The van der Waals surface area contributed by atoms with Crippen LogP contribution in [0, 0.1) is 0 Å². The van der Waals surface area contributed by atoms with Gasteiger partial charge in [0.2, 0.25) is 0 Å². The molecule has 3 aliphatic rings. The zero-order valence-corrected chi connectivity index (χ0v) is 18.3. The summed E-state index contributed by atoms with van der Waals surface area (Å²) in [6.07, 6.45) is 9.81. The molecule has 1 heterocycles. The Hall–Kier alpha value is -1.69. The van der Waals surface area contributed by atoms with E-state index in [1.807, 2.05) is 0 Å². The zero-order valence-electron chi connectivity index (χ0n) is 15.8. The standard InChI is InChI=1S/C12H14Si.2C4H6O2.Ti/c1-13(2,11-7-3-4-8-11)12-9-5-6-10-12;2*1-3(2)4(5)6;/h3,5,7,9H,4,6H2,1-2H3;2*1H2,2H3,(H,5,6);/q;;;+2/p-2. The minimum atomic E-state index is -4.11. The molecule has 0 aromatic carbocycles. The Morgan fingerprint density at radius 2 is 1.31 bits per heavy atom. The molecule has 2 aliphatic carbocycles. The molecule has 0 amide bonds. The fraction of sp³-hybridized carbons (Fsp3) is 0.300. The van der Waals surface area contributed by atoms with Gasteiger partial charge in [0, 0.05) is 0 Å². The van der Waals surface area contributed by atoms with Crippen LogP contribution >= 0.6 is 0 Å². The van der Waals surface area contributed by atoms with Gasteiger partial charge < -0.3 is 0 Å². The molecule has 1 aliphatic heterocycles. The molecule has 6 heteroatoms. The first-order valence-electron chi connectivity index (χ1n) is 8.70. The van der Waals surface area contributed by atoms with Gasteiger partial charge in [0.1, 0.15) is 0 Å². The number of rotatable bonds is 4. The molecule has 0 saturated carbocycles. The van der Waals surface area contributed by atoms with Crippen LogP contribution in [-0.2, 0) is 33.6 Å². The van der Waals surface area contributed by atoms with E-state index in [9.17, 15) is 9.59 Å². The Labute approximate surface area is 160 Å². The Morgan fingerprint density at radius 3 is 1.65 bits per heavy atom. The number of carbonyl (C=O) groups is 2. The van der Waals surface area contributed by atoms with Crippen molar-refractivity contribution < 1.29 is 33.6 Å². The van der Waals surface area contributed by atoms with Gasteiger partial charge in [-0.3, -0.25) is 0 Å². The maximum atomic E-state index is 12.5. The zero-order chi connectivity index (χ0) is 19.3. The molecule has 0 spiro atoms. The second-order valence-corrected chi connectivity index (χ2v) is 16.4. The summed E-state index contributed by atoms with van der Waals surface area (Å²) >= 11 is -4.11. The molecule has 0 unspecified atom stereocenters. The van der Waals surface area contributed by atoms with E-state index in [2.05, 4.69) is 50.6 Å². The van der Waals surface area contributed by atoms with E-state index in [1.54, 1.807) is 13.8 Å². The normalized spacial score (nSPS) is 21.4. The average Bonchev–Trinajstić information content (AvgIpc) is 3.23. The van der Waals surface area contributed by atoms with Gasteiger partial charge in [0.05, 0.1) is 0 Å². The van der Waals surface area contributed by atoms with Crippen molar-refractivity contribution in [1.82, 2.24) is 0 Å². The number of carbonyl (C=O) groups excluding carboxylic acids is 2. The first-order chi connectivity index (χ1) is 12.1. The first-order valence-corrected chi connectivity index (χ1v) is 14.5. The predicted molar refractivity (Wildman–Crippen MR) is 101 cm³/mol. The van der Waals surface area contributed by atoms with Gasteiger partial charge in [-0.05, 0) is 0 Å². The molecule has 0 bridgehead atoms. The van der Waals surface area contributed by atoms with Crippen LogP contribution < -0.4 is 0 Å². The van der Waals surface area contributed by atoms with Crippen LogP contribution in [0.2, 0.25) is 13.1 Å². The van der Waals surface area contributed by atoms with Gasteiger partial charge in [-0.1, -0.05) is 0 Å². The van der Waals surface area contributed by atoms with Crippen molar-refractivity contribution in [3.8, 4) is 0 Å². The first kappa shape index (κ1) is 19.1. The summed E-state index contributed by atoms with van der Waals surface area (Å²) in [5, 5.41) is 2.48. The SMILES string of the molecule is C=C(C)C(=O)[O][Ti]1([O]C(=O)C(=C)C)[C]2=C(C=CC2)[Si](C)(C)C2=[C]1CC=C2. The third-order valence-electron chi connectivity index (χ3n) is 5.17. The van der Waals surface area contributed by atoms with Crippen molar-refractivity contribution >= 4 is 20.0 Å². The molecule has 0 radical (unpaired) electrons. The van der Waals surface area contributed by atoms with Gasteiger partial charge in [-0.15, -0.1) is 0 Å². The Kier molecular flexibility index (Phi) is 4.76. The summed E-state index contributed by atoms with van der Waals surface area (Å²) in [6, 6.07) is 0. The van der Waals surface area contributed by atoms with Crippen molar-refractivity contribution in [2.24, 2.45) is 0 Å². The summed E-state index contributed by atoms with van der Waals surface area (Å²) < 4.78 is 14.2. The van der Waals surface area contributed by atoms with Crippen LogP contribution in [0.4, 0.5) is 0 Å². The van der Waals surface area contributed by atoms with E-state index in [4.69, 9.17) is 6.64 Å². The number of allylic oxidation sites excluding steroid dienone is 8. The summed E-state index contributed by atoms with van der Waals surface area (Å²) in [6.45, 7) is 15.3. The quantitative estimate of drug-likeness (QED) is 0.514. The van der Waals surface area contributed by atoms with Crippen LogP contribution in [0.1, 0.15) is 26.7 Å². The molecular formula is C20H24O4SiTi. The van der Waals surface area contributed by atoms with Crippen molar-refractivity contribution in [3.63, 3.8) is 0 Å². The predicted octanol–water partition coefficient (Wildman–Crippen LogP) is 4.44. The molecular weight excluding hydrogens is 380 g/mol. The summed E-state index contributed by atoms with van der Waals surface area (Å²) in [7, 11) is -1.89. The van der Waals surface area contributed by atoms with E-state index in [-0.39, 0.29) is 0 Å². The van der Waals surface area contributed by atoms with Crippen molar-refractivity contribution in [2.75, 3.05) is 0 Å². The number of hydrogen-bond acceptors (Lipinski definition) is 4. The summed E-state index contributed by atoms with van der Waals surface area (Å²) in [5.74, 6) is -0.975. The molecule has 4 nitrogen and oxygen atoms in total. The van der Waals surface area contributed by atoms with Crippen LogP contribution in [0.5, 0.6) is 0 Å². The summed E-state index contributed by atoms with van der Waals surface area (Å²) in [5.41, 5.74) is 0.620. The third kappa shape index (κ3) is 2.79. The molecule has 0 aromatic heterocycles. The van der Waals surface area contributed by atoms with Gasteiger partial charge in [0.15, 0.2) is 0 Å². The molecule has 136 valence electrons. The monoisotopic (exact) mass is 404 g/mol. The van der Waals surface area contributed by atoms with E-state index in [1.165, 1.54) is 10.4 Å². The van der Waals surface area contributed by atoms with E-state index < -0.39 is 37.4 Å². The van der Waals surface area contributed by atoms with E-state index in [0.717, 1.165) is 7.76 Å². The molecule has 3 rings (SSSR count). The fourth-order valence-corrected chi connectivity index (χ4v) is 16.5. The van der Waals surface area contributed by atoms with Gasteiger partial charge in [-0.2, -0.15) is 0 Å². The van der Waals surface area contributed by atoms with Crippen LogP contribution in [0.15, 0.2) is 66.8 Å². The van der Waals surface area contributed by atoms with E-state index >= 15 is 0 Å². The molecule has 26 heavy (non-hydrogen) atoms. The van der Waals surface area contributed by atoms with Crippen molar-refractivity contribution in [1.29, 1.82) is 0 Å². The Balaban J connectivity index is 2.22. The second-order valence-electron chi connectivity index (χ2n) is 7.58. The maximum absolute atomic E-state index is 12.5. The molecule has 0 fully saturated rings. The third-order valence-corrected chi connectivity index (χ3v) is 15.0. The minimum absolute atomic E-state index is 0.310. The van der Waals surface area contributed by atoms with Crippen LogP contribution in [0.3, 0.4) is 0 Å².